The van der Waals surface area contributed by atoms with E-state index in [1.807, 2.05) is 22.8 Å². The highest BCUT2D eigenvalue weighted by Gasteiger charge is 2.09. The average Bonchev–Trinajstić information content (AvgIpc) is 2.77. The molecule has 0 unspecified atom stereocenters. The van der Waals surface area contributed by atoms with Crippen LogP contribution in [-0.4, -0.2) is 10.5 Å². The Morgan fingerprint density at radius 1 is 1.35 bits per heavy atom. The van der Waals surface area contributed by atoms with Gasteiger partial charge in [-0.1, -0.05) is 47.6 Å². The maximum absolute atomic E-state index is 11.3. The minimum atomic E-state index is -0.216. The molecule has 1 amide bonds. The molecule has 4 heteroatoms. The number of fused-ring (bicyclic) bond motifs is 3. The van der Waals surface area contributed by atoms with Crippen LogP contribution < -0.4 is 4.80 Å². The number of terminal acetylenes is 1. The van der Waals surface area contributed by atoms with Crippen molar-refractivity contribution in [2.45, 2.75) is 13.5 Å². The van der Waals surface area contributed by atoms with Crippen LogP contribution in [0.3, 0.4) is 0 Å². The van der Waals surface area contributed by atoms with E-state index in [2.05, 4.69) is 29.1 Å². The molecule has 0 aliphatic rings. The van der Waals surface area contributed by atoms with E-state index < -0.39 is 0 Å². The highest BCUT2D eigenvalue weighted by Crippen LogP contribution is 2.27. The molecule has 3 nitrogen and oxygen atoms in total. The highest BCUT2D eigenvalue weighted by atomic mass is 32.1. The second kappa shape index (κ2) is 4.95. The van der Waals surface area contributed by atoms with Crippen LogP contribution in [0.2, 0.25) is 0 Å². The minimum Gasteiger partial charge on any atom is -0.305 e. The first-order chi connectivity index (χ1) is 9.70. The van der Waals surface area contributed by atoms with Crippen LogP contribution in [-0.2, 0) is 11.3 Å². The Hall–Kier alpha value is -2.38. The van der Waals surface area contributed by atoms with E-state index in [4.69, 9.17) is 6.42 Å². The molecule has 0 fully saturated rings. The molecule has 0 atom stereocenters. The van der Waals surface area contributed by atoms with Gasteiger partial charge in [-0.3, -0.25) is 4.79 Å². The predicted molar refractivity (Wildman–Crippen MR) is 82.4 cm³/mol. The first-order valence-electron chi connectivity index (χ1n) is 6.20. The first kappa shape index (κ1) is 12.6. The third-order valence-corrected chi connectivity index (χ3v) is 4.20. The summed E-state index contributed by atoms with van der Waals surface area (Å²) in [5.41, 5.74) is 1.02. The molecule has 0 radical (unpaired) electrons. The Bertz CT molecular complexity index is 925. The van der Waals surface area contributed by atoms with Gasteiger partial charge >= 0.3 is 0 Å². The van der Waals surface area contributed by atoms with Crippen LogP contribution in [0.1, 0.15) is 6.92 Å². The van der Waals surface area contributed by atoms with Crippen molar-refractivity contribution in [1.82, 2.24) is 4.57 Å². The molecule has 3 aromatic rings. The molecule has 2 aromatic carbocycles. The summed E-state index contributed by atoms with van der Waals surface area (Å²) in [4.78, 5) is 16.0. The summed E-state index contributed by atoms with van der Waals surface area (Å²) in [5, 5.41) is 2.33. The number of amides is 1. The predicted octanol–water partition coefficient (Wildman–Crippen LogP) is 2.94. The number of rotatable bonds is 1. The number of hydrogen-bond acceptors (Lipinski definition) is 2. The summed E-state index contributed by atoms with van der Waals surface area (Å²) >= 11 is 1.50. The molecule has 3 rings (SSSR count). The van der Waals surface area contributed by atoms with E-state index in [0.717, 1.165) is 15.6 Å². The standard InChI is InChI=1S/C16H12N2OS/c1-3-10-18-14-9-8-12-6-4-5-7-13(12)15(14)20-16(18)17-11(2)19/h1,4-9H,10H2,2H3. The van der Waals surface area contributed by atoms with Gasteiger partial charge < -0.3 is 4.57 Å². The number of aromatic nitrogens is 1. The van der Waals surface area contributed by atoms with E-state index in [1.165, 1.54) is 23.6 Å². The van der Waals surface area contributed by atoms with E-state index in [1.54, 1.807) is 0 Å². The van der Waals surface area contributed by atoms with Crippen molar-refractivity contribution in [3.05, 3.63) is 41.2 Å². The molecular formula is C16H12N2OS. The summed E-state index contributed by atoms with van der Waals surface area (Å²) < 4.78 is 3.02. The van der Waals surface area contributed by atoms with Crippen LogP contribution in [0, 0.1) is 12.3 Å². The Morgan fingerprint density at radius 2 is 2.15 bits per heavy atom. The van der Waals surface area contributed by atoms with Gasteiger partial charge in [-0.25, -0.2) is 0 Å². The van der Waals surface area contributed by atoms with Gasteiger partial charge in [0, 0.05) is 12.3 Å². The molecular weight excluding hydrogens is 268 g/mol. The van der Waals surface area contributed by atoms with Crippen molar-refractivity contribution in [2.24, 2.45) is 4.99 Å². The normalized spacial score (nSPS) is 11.9. The Morgan fingerprint density at radius 3 is 2.90 bits per heavy atom. The SMILES string of the molecule is C#CCn1c(=NC(C)=O)sc2c3ccccc3ccc21. The van der Waals surface area contributed by atoms with Crippen molar-refractivity contribution in [2.75, 3.05) is 0 Å². The number of carbonyl (C=O) groups excluding carboxylic acids is 1. The zero-order valence-corrected chi connectivity index (χ0v) is 11.8. The molecule has 98 valence electrons. The van der Waals surface area contributed by atoms with Gasteiger partial charge in [0.1, 0.15) is 0 Å². The Kier molecular flexibility index (Phi) is 3.13. The molecule has 1 heterocycles. The van der Waals surface area contributed by atoms with Crippen LogP contribution in [0.15, 0.2) is 41.4 Å². The summed E-state index contributed by atoms with van der Waals surface area (Å²) in [5.74, 6) is 2.41. The fraction of sp³-hybridized carbons (Fsp3) is 0.125. The maximum Gasteiger partial charge on any atom is 0.245 e. The number of hydrogen-bond donors (Lipinski definition) is 0. The molecule has 0 bridgehead atoms. The summed E-state index contributed by atoms with van der Waals surface area (Å²) in [6, 6.07) is 12.3. The quantitative estimate of drug-likeness (QED) is 0.631. The smallest absolute Gasteiger partial charge is 0.245 e. The van der Waals surface area contributed by atoms with Crippen molar-refractivity contribution < 1.29 is 4.79 Å². The molecule has 0 aliphatic carbocycles. The molecule has 0 spiro atoms. The second-order valence-electron chi connectivity index (χ2n) is 4.44. The number of nitrogens with zero attached hydrogens (tertiary/aromatic N) is 2. The van der Waals surface area contributed by atoms with Crippen molar-refractivity contribution in [3.8, 4) is 12.3 Å². The van der Waals surface area contributed by atoms with Gasteiger partial charge in [0.05, 0.1) is 16.8 Å². The van der Waals surface area contributed by atoms with Crippen LogP contribution in [0.5, 0.6) is 0 Å². The second-order valence-corrected chi connectivity index (χ2v) is 5.42. The summed E-state index contributed by atoms with van der Waals surface area (Å²) in [6.45, 7) is 1.85. The van der Waals surface area contributed by atoms with E-state index in [9.17, 15) is 4.79 Å². The zero-order chi connectivity index (χ0) is 14.1. The van der Waals surface area contributed by atoms with E-state index in [-0.39, 0.29) is 5.91 Å². The largest absolute Gasteiger partial charge is 0.305 e. The molecule has 20 heavy (non-hydrogen) atoms. The van der Waals surface area contributed by atoms with Crippen LogP contribution in [0.4, 0.5) is 0 Å². The lowest BCUT2D eigenvalue weighted by atomic mass is 10.1. The fourth-order valence-corrected chi connectivity index (χ4v) is 3.47. The summed E-state index contributed by atoms with van der Waals surface area (Å²) in [6.07, 6.45) is 5.43. The number of benzene rings is 2. The van der Waals surface area contributed by atoms with Gasteiger partial charge in [0.25, 0.3) is 0 Å². The highest BCUT2D eigenvalue weighted by molar-refractivity contribution is 7.17. The lowest BCUT2D eigenvalue weighted by Gasteiger charge is -2.01. The number of thiazole rings is 1. The third kappa shape index (κ3) is 2.02. The Balaban J connectivity index is 2.47. The molecule has 0 aliphatic heterocycles. The van der Waals surface area contributed by atoms with Gasteiger partial charge in [0.2, 0.25) is 5.91 Å². The lowest BCUT2D eigenvalue weighted by Crippen LogP contribution is -2.15. The van der Waals surface area contributed by atoms with Crippen molar-refractivity contribution in [1.29, 1.82) is 0 Å². The zero-order valence-electron chi connectivity index (χ0n) is 11.0. The minimum absolute atomic E-state index is 0.216. The Labute approximate surface area is 120 Å². The van der Waals surface area contributed by atoms with Gasteiger partial charge in [-0.2, -0.15) is 4.99 Å². The monoisotopic (exact) mass is 280 g/mol. The van der Waals surface area contributed by atoms with E-state index in [0.29, 0.717) is 11.3 Å². The lowest BCUT2D eigenvalue weighted by molar-refractivity contribution is -0.116. The maximum atomic E-state index is 11.3. The van der Waals surface area contributed by atoms with Crippen molar-refractivity contribution in [3.63, 3.8) is 0 Å². The fourth-order valence-electron chi connectivity index (χ4n) is 2.26. The first-order valence-corrected chi connectivity index (χ1v) is 7.02. The average molecular weight is 280 g/mol. The topological polar surface area (TPSA) is 34.4 Å². The van der Waals surface area contributed by atoms with E-state index >= 15 is 0 Å². The molecule has 0 N–H and O–H groups in total. The number of carbonyl (C=O) groups is 1. The van der Waals surface area contributed by atoms with Crippen LogP contribution in [0.25, 0.3) is 21.0 Å². The van der Waals surface area contributed by atoms with Crippen LogP contribution >= 0.6 is 11.3 Å². The molecule has 0 saturated heterocycles. The molecule has 1 aromatic heterocycles. The van der Waals surface area contributed by atoms with Crippen molar-refractivity contribution >= 4 is 38.2 Å². The van der Waals surface area contributed by atoms with Gasteiger partial charge in [-0.15, -0.1) is 6.42 Å². The van der Waals surface area contributed by atoms with Gasteiger partial charge in [0.15, 0.2) is 4.80 Å². The summed E-state index contributed by atoms with van der Waals surface area (Å²) in [7, 11) is 0. The molecule has 0 saturated carbocycles. The van der Waals surface area contributed by atoms with Gasteiger partial charge in [-0.05, 0) is 11.5 Å². The third-order valence-electron chi connectivity index (χ3n) is 3.08.